The molecule has 1 amide bonds. The zero-order chi connectivity index (χ0) is 13.1. The lowest BCUT2D eigenvalue weighted by atomic mass is 10.0. The molecule has 0 aromatic heterocycles. The van der Waals surface area contributed by atoms with Crippen molar-refractivity contribution in [3.63, 3.8) is 0 Å². The van der Waals surface area contributed by atoms with Gasteiger partial charge in [0.15, 0.2) is 0 Å². The van der Waals surface area contributed by atoms with Crippen molar-refractivity contribution in [2.75, 3.05) is 12.8 Å². The first-order chi connectivity index (χ1) is 8.67. The number of hydrogen-bond acceptors (Lipinski definition) is 3. The second-order valence-corrected chi connectivity index (χ2v) is 6.93. The van der Waals surface area contributed by atoms with Crippen LogP contribution in [0.2, 0.25) is 0 Å². The van der Waals surface area contributed by atoms with Gasteiger partial charge in [-0.15, -0.1) is 0 Å². The Hall–Kier alpha value is -0.220. The molecular formula is C14H26N2OS. The van der Waals surface area contributed by atoms with Crippen molar-refractivity contribution >= 4 is 17.7 Å². The van der Waals surface area contributed by atoms with Gasteiger partial charge < -0.3 is 4.90 Å². The molecule has 2 fully saturated rings. The van der Waals surface area contributed by atoms with Crippen molar-refractivity contribution in [1.29, 1.82) is 0 Å². The average Bonchev–Trinajstić information content (AvgIpc) is 2.99. The summed E-state index contributed by atoms with van der Waals surface area (Å²) in [5, 5.41) is 4.10. The Balaban J connectivity index is 2.06. The Morgan fingerprint density at radius 3 is 2.67 bits per heavy atom. The first-order valence-electron chi connectivity index (χ1n) is 7.26. The molecule has 1 N–H and O–H groups in total. The summed E-state index contributed by atoms with van der Waals surface area (Å²) in [7, 11) is 0. The fourth-order valence-corrected chi connectivity index (χ4v) is 3.53. The van der Waals surface area contributed by atoms with Crippen LogP contribution in [0, 0.1) is 5.92 Å². The Morgan fingerprint density at radius 2 is 2.11 bits per heavy atom. The third kappa shape index (κ3) is 2.85. The van der Waals surface area contributed by atoms with Crippen molar-refractivity contribution in [3.8, 4) is 0 Å². The van der Waals surface area contributed by atoms with Crippen LogP contribution in [0.15, 0.2) is 0 Å². The molecular weight excluding hydrogens is 244 g/mol. The summed E-state index contributed by atoms with van der Waals surface area (Å²) in [5.74, 6) is 1.01. The zero-order valence-corrected chi connectivity index (χ0v) is 12.6. The molecule has 1 saturated heterocycles. The van der Waals surface area contributed by atoms with Gasteiger partial charge in [-0.05, 0) is 31.4 Å². The second kappa shape index (κ2) is 6.29. The van der Waals surface area contributed by atoms with Crippen LogP contribution in [0.25, 0.3) is 0 Å². The molecule has 0 aromatic carbocycles. The minimum absolute atomic E-state index is 0.0599. The van der Waals surface area contributed by atoms with Gasteiger partial charge in [0.05, 0.1) is 12.2 Å². The van der Waals surface area contributed by atoms with Crippen molar-refractivity contribution in [3.05, 3.63) is 0 Å². The fourth-order valence-electron chi connectivity index (χ4n) is 3.22. The topological polar surface area (TPSA) is 32.3 Å². The number of rotatable bonds is 5. The average molecular weight is 270 g/mol. The highest BCUT2D eigenvalue weighted by molar-refractivity contribution is 7.99. The lowest BCUT2D eigenvalue weighted by Gasteiger charge is -2.30. The van der Waals surface area contributed by atoms with E-state index >= 15 is 0 Å². The van der Waals surface area contributed by atoms with Crippen LogP contribution in [0.5, 0.6) is 0 Å². The summed E-state index contributed by atoms with van der Waals surface area (Å²) in [5.41, 5.74) is 0. The van der Waals surface area contributed by atoms with E-state index in [0.717, 1.165) is 13.0 Å². The summed E-state index contributed by atoms with van der Waals surface area (Å²) < 4.78 is 0. The summed E-state index contributed by atoms with van der Waals surface area (Å²) in [6.45, 7) is 5.20. The Labute approximate surface area is 115 Å². The van der Waals surface area contributed by atoms with E-state index in [9.17, 15) is 4.79 Å². The standard InChI is InChI=1S/C14H26N2OS/c1-4-12-14(17)16(9-10(2)18-3)13(15-12)11-7-5-6-8-11/h10-13,15H,4-9H2,1-3H3. The molecule has 1 heterocycles. The molecule has 4 heteroatoms. The molecule has 0 spiro atoms. The second-order valence-electron chi connectivity index (χ2n) is 5.65. The van der Waals surface area contributed by atoms with E-state index in [-0.39, 0.29) is 6.04 Å². The van der Waals surface area contributed by atoms with Crippen LogP contribution in [-0.4, -0.2) is 41.1 Å². The quantitative estimate of drug-likeness (QED) is 0.833. The molecule has 3 unspecified atom stereocenters. The largest absolute Gasteiger partial charge is 0.324 e. The van der Waals surface area contributed by atoms with E-state index in [1.165, 1.54) is 25.7 Å². The first kappa shape index (κ1) is 14.2. The summed E-state index contributed by atoms with van der Waals surface area (Å²) in [6.07, 6.45) is 8.57. The number of amides is 1. The van der Waals surface area contributed by atoms with Crippen LogP contribution < -0.4 is 5.32 Å². The number of nitrogens with zero attached hydrogens (tertiary/aromatic N) is 1. The number of carbonyl (C=O) groups is 1. The van der Waals surface area contributed by atoms with Gasteiger partial charge in [0.25, 0.3) is 0 Å². The lowest BCUT2D eigenvalue weighted by molar-refractivity contribution is -0.130. The minimum Gasteiger partial charge on any atom is -0.324 e. The van der Waals surface area contributed by atoms with Crippen molar-refractivity contribution in [1.82, 2.24) is 10.2 Å². The Bertz CT molecular complexity index is 292. The molecule has 18 heavy (non-hydrogen) atoms. The monoisotopic (exact) mass is 270 g/mol. The molecule has 1 aliphatic heterocycles. The highest BCUT2D eigenvalue weighted by atomic mass is 32.2. The number of hydrogen-bond donors (Lipinski definition) is 1. The molecule has 104 valence electrons. The van der Waals surface area contributed by atoms with Crippen LogP contribution in [0.4, 0.5) is 0 Å². The number of carbonyl (C=O) groups excluding carboxylic acids is 1. The van der Waals surface area contributed by atoms with Crippen LogP contribution in [0.1, 0.15) is 46.0 Å². The maximum absolute atomic E-state index is 12.4. The summed E-state index contributed by atoms with van der Waals surface area (Å²) >= 11 is 1.85. The van der Waals surface area contributed by atoms with Crippen LogP contribution in [0.3, 0.4) is 0 Å². The summed E-state index contributed by atoms with van der Waals surface area (Å²) in [4.78, 5) is 14.5. The normalized spacial score (nSPS) is 31.3. The Kier molecular flexibility index (Phi) is 4.96. The zero-order valence-electron chi connectivity index (χ0n) is 11.8. The van der Waals surface area contributed by atoms with Gasteiger partial charge in [0, 0.05) is 11.8 Å². The van der Waals surface area contributed by atoms with Gasteiger partial charge in [-0.1, -0.05) is 26.7 Å². The predicted molar refractivity (Wildman–Crippen MR) is 77.7 cm³/mol. The van der Waals surface area contributed by atoms with Crippen molar-refractivity contribution < 1.29 is 4.79 Å². The summed E-state index contributed by atoms with van der Waals surface area (Å²) in [6, 6.07) is 0.0599. The Morgan fingerprint density at radius 1 is 1.44 bits per heavy atom. The minimum atomic E-state index is 0.0599. The van der Waals surface area contributed by atoms with E-state index in [0.29, 0.717) is 23.2 Å². The van der Waals surface area contributed by atoms with Gasteiger partial charge in [0.2, 0.25) is 5.91 Å². The van der Waals surface area contributed by atoms with Gasteiger partial charge in [-0.25, -0.2) is 0 Å². The SMILES string of the molecule is CCC1NC(C2CCCC2)N(CC(C)SC)C1=O. The third-order valence-corrected chi connectivity index (χ3v) is 5.35. The van der Waals surface area contributed by atoms with E-state index in [2.05, 4.69) is 30.3 Å². The van der Waals surface area contributed by atoms with E-state index in [1.807, 2.05) is 11.8 Å². The van der Waals surface area contributed by atoms with E-state index in [1.54, 1.807) is 0 Å². The van der Waals surface area contributed by atoms with Crippen LogP contribution >= 0.6 is 11.8 Å². The molecule has 0 radical (unpaired) electrons. The molecule has 3 nitrogen and oxygen atoms in total. The molecule has 2 aliphatic rings. The first-order valence-corrected chi connectivity index (χ1v) is 8.55. The molecule has 0 aromatic rings. The smallest absolute Gasteiger partial charge is 0.241 e. The van der Waals surface area contributed by atoms with Gasteiger partial charge in [-0.3, -0.25) is 10.1 Å². The van der Waals surface area contributed by atoms with Gasteiger partial charge >= 0.3 is 0 Å². The molecule has 2 rings (SSSR count). The van der Waals surface area contributed by atoms with Crippen LogP contribution in [-0.2, 0) is 4.79 Å². The fraction of sp³-hybridized carbons (Fsp3) is 0.929. The van der Waals surface area contributed by atoms with E-state index < -0.39 is 0 Å². The lowest BCUT2D eigenvalue weighted by Crippen LogP contribution is -2.44. The molecule has 3 atom stereocenters. The molecule has 1 aliphatic carbocycles. The predicted octanol–water partition coefficient (Wildman–Crippen LogP) is 2.46. The van der Waals surface area contributed by atoms with Crippen molar-refractivity contribution in [2.45, 2.75) is 63.4 Å². The van der Waals surface area contributed by atoms with Crippen molar-refractivity contribution in [2.24, 2.45) is 5.92 Å². The third-order valence-electron chi connectivity index (χ3n) is 4.40. The highest BCUT2D eigenvalue weighted by Gasteiger charge is 2.42. The van der Waals surface area contributed by atoms with E-state index in [4.69, 9.17) is 0 Å². The number of thioether (sulfide) groups is 1. The maximum Gasteiger partial charge on any atom is 0.241 e. The highest BCUT2D eigenvalue weighted by Crippen LogP contribution is 2.32. The van der Waals surface area contributed by atoms with Gasteiger partial charge in [-0.2, -0.15) is 11.8 Å². The molecule has 0 bridgehead atoms. The maximum atomic E-state index is 12.4. The number of nitrogens with one attached hydrogen (secondary N) is 1. The van der Waals surface area contributed by atoms with Gasteiger partial charge in [0.1, 0.15) is 0 Å². The molecule has 1 saturated carbocycles.